The molecule has 0 atom stereocenters. The van der Waals surface area contributed by atoms with E-state index in [9.17, 15) is 0 Å². The molecule has 0 unspecified atom stereocenters. The zero-order valence-corrected chi connectivity index (χ0v) is 13.0. The summed E-state index contributed by atoms with van der Waals surface area (Å²) in [5.74, 6) is 0. The molecule has 17 heavy (non-hydrogen) atoms. The van der Waals surface area contributed by atoms with Crippen LogP contribution in [0.25, 0.3) is 0 Å². The Morgan fingerprint density at radius 2 is 1.00 bits per heavy atom. The van der Waals surface area contributed by atoms with Gasteiger partial charge in [-0.1, -0.05) is 52.4 Å². The van der Waals surface area contributed by atoms with Gasteiger partial charge in [-0.2, -0.15) is 0 Å². The van der Waals surface area contributed by atoms with Gasteiger partial charge < -0.3 is 10.2 Å². The van der Waals surface area contributed by atoms with Crippen molar-refractivity contribution in [2.24, 2.45) is 0 Å². The van der Waals surface area contributed by atoms with Gasteiger partial charge in [0.1, 0.15) is 0 Å². The van der Waals surface area contributed by atoms with Crippen molar-refractivity contribution in [3.05, 3.63) is 0 Å². The highest BCUT2D eigenvalue weighted by Crippen LogP contribution is 1.98. The summed E-state index contributed by atoms with van der Waals surface area (Å²) in [4.78, 5) is 2.00. The van der Waals surface area contributed by atoms with Gasteiger partial charge in [-0.25, -0.2) is 0 Å². The fourth-order valence-electron chi connectivity index (χ4n) is 1.48. The first-order chi connectivity index (χ1) is 8.15. The lowest BCUT2D eigenvalue weighted by atomic mass is 10.2. The Bertz CT molecular complexity index is 101. The lowest BCUT2D eigenvalue weighted by Gasteiger charge is -2.03. The molecule has 0 aliphatic carbocycles. The van der Waals surface area contributed by atoms with Gasteiger partial charge in [0.25, 0.3) is 0 Å². The molecule has 1 N–H and O–H groups in total. The van der Waals surface area contributed by atoms with Crippen LogP contribution in [0.1, 0.15) is 65.2 Å². The fourth-order valence-corrected chi connectivity index (χ4v) is 1.48. The molecular formula is C15H36N2. The topological polar surface area (TPSA) is 15.3 Å². The zero-order chi connectivity index (χ0) is 13.4. The highest BCUT2D eigenvalue weighted by molar-refractivity contribution is 4.49. The third kappa shape index (κ3) is 31.3. The molecule has 0 aliphatic heterocycles. The summed E-state index contributed by atoms with van der Waals surface area (Å²) in [5, 5.41) is 3.50. The molecule has 0 bridgehead atoms. The molecule has 0 radical (unpaired) electrons. The van der Waals surface area contributed by atoms with Crippen LogP contribution in [0.2, 0.25) is 0 Å². The minimum atomic E-state index is 1.23. The van der Waals surface area contributed by atoms with E-state index in [-0.39, 0.29) is 0 Å². The first-order valence-corrected chi connectivity index (χ1v) is 7.46. The monoisotopic (exact) mass is 244 g/mol. The Kier molecular flexibility index (Phi) is 20.7. The summed E-state index contributed by atoms with van der Waals surface area (Å²) in [6.45, 7) is 6.98. The van der Waals surface area contributed by atoms with E-state index in [1.165, 1.54) is 64.5 Å². The number of nitrogens with one attached hydrogen (secondary N) is 1. The molecule has 0 amide bonds. The number of hydrogen-bond donors (Lipinski definition) is 1. The highest BCUT2D eigenvalue weighted by atomic mass is 15.0. The molecule has 0 aromatic carbocycles. The molecule has 0 aromatic rings. The van der Waals surface area contributed by atoms with E-state index in [1.54, 1.807) is 0 Å². The summed E-state index contributed by atoms with van der Waals surface area (Å²) in [6.07, 6.45) is 11.0. The summed E-state index contributed by atoms with van der Waals surface area (Å²) in [5.41, 5.74) is 0. The highest BCUT2D eigenvalue weighted by Gasteiger charge is 1.89. The number of hydrogen-bond acceptors (Lipinski definition) is 2. The standard InChI is InChI=1S/C12H27N.C3H9N/c1-3-5-7-9-11-13-12-10-8-6-4-2;1-4(2)3/h13H,3-12H2,1-2H3;1-3H3. The molecular weight excluding hydrogens is 208 g/mol. The van der Waals surface area contributed by atoms with Gasteiger partial charge in [0.15, 0.2) is 0 Å². The summed E-state index contributed by atoms with van der Waals surface area (Å²) in [6, 6.07) is 0. The Morgan fingerprint density at radius 3 is 1.29 bits per heavy atom. The minimum Gasteiger partial charge on any atom is -0.317 e. The second-order valence-corrected chi connectivity index (χ2v) is 5.21. The Labute approximate surface area is 110 Å². The van der Waals surface area contributed by atoms with Crippen LogP contribution in [-0.4, -0.2) is 39.1 Å². The largest absolute Gasteiger partial charge is 0.317 e. The van der Waals surface area contributed by atoms with Crippen molar-refractivity contribution in [2.75, 3.05) is 34.2 Å². The number of unbranched alkanes of at least 4 members (excludes halogenated alkanes) is 6. The predicted molar refractivity (Wildman–Crippen MR) is 80.8 cm³/mol. The first-order valence-electron chi connectivity index (χ1n) is 7.46. The van der Waals surface area contributed by atoms with Crippen molar-refractivity contribution >= 4 is 0 Å². The van der Waals surface area contributed by atoms with Gasteiger partial charge in [-0.3, -0.25) is 0 Å². The van der Waals surface area contributed by atoms with E-state index in [0.29, 0.717) is 0 Å². The molecule has 0 rings (SSSR count). The van der Waals surface area contributed by atoms with Gasteiger partial charge in [-0.05, 0) is 47.1 Å². The number of nitrogens with zero attached hydrogens (tertiary/aromatic N) is 1. The van der Waals surface area contributed by atoms with Gasteiger partial charge >= 0.3 is 0 Å². The molecule has 2 heteroatoms. The van der Waals surface area contributed by atoms with E-state index in [0.717, 1.165) is 0 Å². The predicted octanol–water partition coefficient (Wildman–Crippen LogP) is 3.91. The molecule has 0 heterocycles. The van der Waals surface area contributed by atoms with Gasteiger partial charge in [0.05, 0.1) is 0 Å². The molecule has 106 valence electrons. The van der Waals surface area contributed by atoms with Crippen LogP contribution in [0.4, 0.5) is 0 Å². The average molecular weight is 244 g/mol. The van der Waals surface area contributed by atoms with Crippen LogP contribution in [0.3, 0.4) is 0 Å². The first kappa shape index (κ1) is 19.3. The molecule has 0 fully saturated rings. The Hall–Kier alpha value is -0.0800. The molecule has 0 saturated heterocycles. The van der Waals surface area contributed by atoms with Crippen LogP contribution in [0.15, 0.2) is 0 Å². The summed E-state index contributed by atoms with van der Waals surface area (Å²) < 4.78 is 0. The maximum absolute atomic E-state index is 3.50. The van der Waals surface area contributed by atoms with Crippen molar-refractivity contribution in [2.45, 2.75) is 65.2 Å². The van der Waals surface area contributed by atoms with Crippen LogP contribution < -0.4 is 5.32 Å². The third-order valence-electron chi connectivity index (χ3n) is 2.41. The Balaban J connectivity index is 0. The van der Waals surface area contributed by atoms with E-state index >= 15 is 0 Å². The third-order valence-corrected chi connectivity index (χ3v) is 2.41. The van der Waals surface area contributed by atoms with Crippen molar-refractivity contribution in [1.29, 1.82) is 0 Å². The zero-order valence-electron chi connectivity index (χ0n) is 13.0. The van der Waals surface area contributed by atoms with Crippen molar-refractivity contribution < 1.29 is 0 Å². The van der Waals surface area contributed by atoms with E-state index < -0.39 is 0 Å². The minimum absolute atomic E-state index is 1.23. The SMILES string of the molecule is CCCCCCNCCCCCC.CN(C)C. The molecule has 2 nitrogen and oxygen atoms in total. The quantitative estimate of drug-likeness (QED) is 0.586. The molecule has 0 spiro atoms. The number of rotatable bonds is 10. The fraction of sp³-hybridized carbons (Fsp3) is 1.00. The maximum Gasteiger partial charge on any atom is -0.00489 e. The summed E-state index contributed by atoms with van der Waals surface area (Å²) in [7, 11) is 6.00. The second-order valence-electron chi connectivity index (χ2n) is 5.21. The van der Waals surface area contributed by atoms with Gasteiger partial charge in [0.2, 0.25) is 0 Å². The average Bonchev–Trinajstić information content (AvgIpc) is 2.26. The van der Waals surface area contributed by atoms with Crippen LogP contribution in [0, 0.1) is 0 Å². The van der Waals surface area contributed by atoms with Crippen LogP contribution in [0.5, 0.6) is 0 Å². The van der Waals surface area contributed by atoms with Crippen LogP contribution in [-0.2, 0) is 0 Å². The van der Waals surface area contributed by atoms with Crippen LogP contribution >= 0.6 is 0 Å². The van der Waals surface area contributed by atoms with Gasteiger partial charge in [0, 0.05) is 0 Å². The van der Waals surface area contributed by atoms with Crippen molar-refractivity contribution in [1.82, 2.24) is 10.2 Å². The molecule has 0 aliphatic rings. The Morgan fingerprint density at radius 1 is 0.647 bits per heavy atom. The lowest BCUT2D eigenvalue weighted by Crippen LogP contribution is -2.16. The summed E-state index contributed by atoms with van der Waals surface area (Å²) >= 11 is 0. The normalized spacial score (nSPS) is 10.2. The maximum atomic E-state index is 3.50. The molecule has 0 aromatic heterocycles. The van der Waals surface area contributed by atoms with Crippen molar-refractivity contribution in [3.63, 3.8) is 0 Å². The smallest absolute Gasteiger partial charge is 0.00489 e. The second kappa shape index (κ2) is 18.3. The van der Waals surface area contributed by atoms with Gasteiger partial charge in [-0.15, -0.1) is 0 Å². The lowest BCUT2D eigenvalue weighted by molar-refractivity contribution is 0.505. The van der Waals surface area contributed by atoms with E-state index in [4.69, 9.17) is 0 Å². The van der Waals surface area contributed by atoms with E-state index in [1.807, 2.05) is 26.0 Å². The molecule has 0 saturated carbocycles. The van der Waals surface area contributed by atoms with Crippen molar-refractivity contribution in [3.8, 4) is 0 Å². The van der Waals surface area contributed by atoms with E-state index in [2.05, 4.69) is 19.2 Å².